The van der Waals surface area contributed by atoms with Gasteiger partial charge in [0.05, 0.1) is 12.8 Å². The van der Waals surface area contributed by atoms with Gasteiger partial charge < -0.3 is 15.0 Å². The topological polar surface area (TPSA) is 61.9 Å². The van der Waals surface area contributed by atoms with Gasteiger partial charge in [-0.15, -0.1) is 0 Å². The quantitative estimate of drug-likeness (QED) is 0.813. The number of amides is 3. The minimum Gasteiger partial charge on any atom is -0.497 e. The molecule has 7 heteroatoms. The van der Waals surface area contributed by atoms with Gasteiger partial charge in [-0.2, -0.15) is 0 Å². The normalized spacial score (nSPS) is 13.8. The monoisotopic (exact) mass is 371 g/mol. The van der Waals surface area contributed by atoms with Crippen LogP contribution in [-0.2, 0) is 11.2 Å². The van der Waals surface area contributed by atoms with Crippen molar-refractivity contribution >= 4 is 17.6 Å². The van der Waals surface area contributed by atoms with Crippen molar-refractivity contribution in [2.24, 2.45) is 0 Å². The van der Waals surface area contributed by atoms with E-state index in [1.165, 1.54) is 15.9 Å². The SMILES string of the molecule is COc1cccc(CCNC(=O)CN2CCN(c3ccccc3F)C2=O)c1. The van der Waals surface area contributed by atoms with Crippen LogP contribution >= 0.6 is 0 Å². The number of rotatable bonds is 7. The van der Waals surface area contributed by atoms with Crippen molar-refractivity contribution in [1.82, 2.24) is 10.2 Å². The van der Waals surface area contributed by atoms with Crippen LogP contribution in [0, 0.1) is 5.82 Å². The number of hydrogen-bond acceptors (Lipinski definition) is 3. The second-order valence-electron chi connectivity index (χ2n) is 6.26. The van der Waals surface area contributed by atoms with E-state index < -0.39 is 5.82 Å². The van der Waals surface area contributed by atoms with Crippen LogP contribution in [0.3, 0.4) is 0 Å². The van der Waals surface area contributed by atoms with Gasteiger partial charge in [-0.3, -0.25) is 9.69 Å². The molecule has 1 N–H and O–H groups in total. The van der Waals surface area contributed by atoms with Crippen molar-refractivity contribution in [3.63, 3.8) is 0 Å². The lowest BCUT2D eigenvalue weighted by atomic mass is 10.1. The Hall–Kier alpha value is -3.09. The van der Waals surface area contributed by atoms with E-state index in [1.54, 1.807) is 25.3 Å². The molecule has 0 aromatic heterocycles. The molecule has 2 aromatic carbocycles. The van der Waals surface area contributed by atoms with Gasteiger partial charge in [0, 0.05) is 19.6 Å². The van der Waals surface area contributed by atoms with Crippen molar-refractivity contribution in [1.29, 1.82) is 0 Å². The first kappa shape index (κ1) is 18.7. The Morgan fingerprint density at radius 1 is 1.19 bits per heavy atom. The van der Waals surface area contributed by atoms with E-state index in [-0.39, 0.29) is 24.2 Å². The Labute approximate surface area is 157 Å². The zero-order valence-corrected chi connectivity index (χ0v) is 15.2. The Morgan fingerprint density at radius 3 is 2.78 bits per heavy atom. The predicted molar refractivity (Wildman–Crippen MR) is 100 cm³/mol. The number of para-hydroxylation sites is 1. The highest BCUT2D eigenvalue weighted by Crippen LogP contribution is 2.23. The van der Waals surface area contributed by atoms with E-state index in [2.05, 4.69) is 5.32 Å². The summed E-state index contributed by atoms with van der Waals surface area (Å²) >= 11 is 0. The third-order valence-electron chi connectivity index (χ3n) is 4.44. The van der Waals surface area contributed by atoms with Gasteiger partial charge in [0.25, 0.3) is 0 Å². The lowest BCUT2D eigenvalue weighted by molar-refractivity contribution is -0.121. The minimum absolute atomic E-state index is 0.0398. The summed E-state index contributed by atoms with van der Waals surface area (Å²) in [6.07, 6.45) is 0.665. The highest BCUT2D eigenvalue weighted by molar-refractivity contribution is 5.96. The standard InChI is InChI=1S/C20H22FN3O3/c1-27-16-6-4-5-15(13-16)9-10-22-19(25)14-23-11-12-24(20(23)26)18-8-3-2-7-17(18)21/h2-8,13H,9-12,14H2,1H3,(H,22,25). The van der Waals surface area contributed by atoms with E-state index in [9.17, 15) is 14.0 Å². The molecule has 3 amide bonds. The third-order valence-corrected chi connectivity index (χ3v) is 4.44. The lowest BCUT2D eigenvalue weighted by Crippen LogP contribution is -2.40. The van der Waals surface area contributed by atoms with Crippen molar-refractivity contribution in [2.75, 3.05) is 38.2 Å². The van der Waals surface area contributed by atoms with Crippen LogP contribution in [0.5, 0.6) is 5.75 Å². The summed E-state index contributed by atoms with van der Waals surface area (Å²) in [5.74, 6) is 0.0896. The number of anilines is 1. The molecule has 6 nitrogen and oxygen atoms in total. The Bertz CT molecular complexity index is 828. The molecule has 0 saturated carbocycles. The number of nitrogens with one attached hydrogen (secondary N) is 1. The van der Waals surface area contributed by atoms with Gasteiger partial charge in [-0.05, 0) is 36.2 Å². The van der Waals surface area contributed by atoms with Crippen LogP contribution in [0.15, 0.2) is 48.5 Å². The molecule has 1 aliphatic rings. The highest BCUT2D eigenvalue weighted by Gasteiger charge is 2.31. The van der Waals surface area contributed by atoms with Gasteiger partial charge in [0.15, 0.2) is 0 Å². The molecule has 0 atom stereocenters. The first-order valence-electron chi connectivity index (χ1n) is 8.79. The number of halogens is 1. The number of nitrogens with zero attached hydrogens (tertiary/aromatic N) is 2. The van der Waals surface area contributed by atoms with E-state index >= 15 is 0 Å². The van der Waals surface area contributed by atoms with Crippen LogP contribution in [0.25, 0.3) is 0 Å². The molecule has 2 aromatic rings. The molecule has 1 aliphatic heterocycles. The van der Waals surface area contributed by atoms with Gasteiger partial charge in [-0.25, -0.2) is 9.18 Å². The summed E-state index contributed by atoms with van der Waals surface area (Å²) in [7, 11) is 1.61. The summed E-state index contributed by atoms with van der Waals surface area (Å²) in [6.45, 7) is 1.17. The molecule has 1 fully saturated rings. The number of carbonyl (C=O) groups is 2. The zero-order chi connectivity index (χ0) is 19.2. The third kappa shape index (κ3) is 4.55. The number of urea groups is 1. The largest absolute Gasteiger partial charge is 0.497 e. The first-order chi connectivity index (χ1) is 13.1. The maximum atomic E-state index is 13.9. The Morgan fingerprint density at radius 2 is 2.00 bits per heavy atom. The smallest absolute Gasteiger partial charge is 0.325 e. The lowest BCUT2D eigenvalue weighted by Gasteiger charge is -2.18. The van der Waals surface area contributed by atoms with Crippen LogP contribution < -0.4 is 15.0 Å². The minimum atomic E-state index is -0.449. The molecule has 1 heterocycles. The molecule has 3 rings (SSSR count). The fraction of sp³-hybridized carbons (Fsp3) is 0.300. The summed E-state index contributed by atoms with van der Waals surface area (Å²) < 4.78 is 19.1. The van der Waals surface area contributed by atoms with E-state index in [0.29, 0.717) is 26.1 Å². The predicted octanol–water partition coefficient (Wildman–Crippen LogP) is 2.44. The van der Waals surface area contributed by atoms with Crippen LogP contribution in [0.1, 0.15) is 5.56 Å². The van der Waals surface area contributed by atoms with E-state index in [0.717, 1.165) is 11.3 Å². The molecule has 1 saturated heterocycles. The number of hydrogen-bond donors (Lipinski definition) is 1. The fourth-order valence-electron chi connectivity index (χ4n) is 3.03. The molecule has 0 radical (unpaired) electrons. The van der Waals surface area contributed by atoms with Gasteiger partial charge in [0.1, 0.15) is 18.1 Å². The Balaban J connectivity index is 1.48. The van der Waals surface area contributed by atoms with Gasteiger partial charge in [-0.1, -0.05) is 24.3 Å². The molecular weight excluding hydrogens is 349 g/mol. The summed E-state index contributed by atoms with van der Waals surface area (Å²) in [4.78, 5) is 27.4. The number of ether oxygens (including phenoxy) is 1. The maximum absolute atomic E-state index is 13.9. The molecule has 0 aliphatic carbocycles. The second kappa shape index (κ2) is 8.53. The van der Waals surface area contributed by atoms with Crippen LogP contribution in [0.4, 0.5) is 14.9 Å². The number of benzene rings is 2. The van der Waals surface area contributed by atoms with Crippen molar-refractivity contribution in [3.05, 3.63) is 59.9 Å². The van der Waals surface area contributed by atoms with Gasteiger partial charge >= 0.3 is 6.03 Å². The molecule has 142 valence electrons. The number of carbonyl (C=O) groups excluding carboxylic acids is 2. The van der Waals surface area contributed by atoms with E-state index in [4.69, 9.17) is 4.74 Å². The number of methoxy groups -OCH3 is 1. The average Bonchev–Trinajstić information content (AvgIpc) is 3.02. The summed E-state index contributed by atoms with van der Waals surface area (Å²) in [5, 5.41) is 2.82. The van der Waals surface area contributed by atoms with Crippen molar-refractivity contribution < 1.29 is 18.7 Å². The fourth-order valence-corrected chi connectivity index (χ4v) is 3.03. The summed E-state index contributed by atoms with van der Waals surface area (Å²) in [6, 6.07) is 13.4. The molecular formula is C20H22FN3O3. The molecule has 0 spiro atoms. The van der Waals surface area contributed by atoms with Crippen LogP contribution in [0.2, 0.25) is 0 Å². The van der Waals surface area contributed by atoms with Crippen LogP contribution in [-0.4, -0.2) is 50.1 Å². The Kier molecular flexibility index (Phi) is 5.90. The van der Waals surface area contributed by atoms with Crippen molar-refractivity contribution in [2.45, 2.75) is 6.42 Å². The van der Waals surface area contributed by atoms with Crippen molar-refractivity contribution in [3.8, 4) is 5.75 Å². The second-order valence-corrected chi connectivity index (χ2v) is 6.26. The summed E-state index contributed by atoms with van der Waals surface area (Å²) in [5.41, 5.74) is 1.29. The van der Waals surface area contributed by atoms with Gasteiger partial charge in [0.2, 0.25) is 5.91 Å². The molecule has 27 heavy (non-hydrogen) atoms. The van der Waals surface area contributed by atoms with E-state index in [1.807, 2.05) is 24.3 Å². The average molecular weight is 371 g/mol. The maximum Gasteiger partial charge on any atom is 0.325 e. The molecule has 0 bridgehead atoms. The highest BCUT2D eigenvalue weighted by atomic mass is 19.1. The first-order valence-corrected chi connectivity index (χ1v) is 8.79. The zero-order valence-electron chi connectivity index (χ0n) is 15.2. The molecule has 0 unspecified atom stereocenters.